The number of halogens is 8. The second-order valence-corrected chi connectivity index (χ2v) is 7.73. The molecule has 1 N–H and O–H groups in total. The van der Waals surface area contributed by atoms with Crippen LogP contribution in [0.3, 0.4) is 0 Å². The van der Waals surface area contributed by atoms with Gasteiger partial charge in [0.05, 0.1) is 5.41 Å². The van der Waals surface area contributed by atoms with Gasteiger partial charge in [-0.2, -0.15) is 13.2 Å². The Balaban J connectivity index is 2.49. The van der Waals surface area contributed by atoms with Crippen molar-refractivity contribution < 1.29 is 32.6 Å². The second-order valence-electron chi connectivity index (χ2n) is 5.32. The van der Waals surface area contributed by atoms with E-state index < -0.39 is 32.3 Å². The molecule has 0 aromatic heterocycles. The number of piperidine rings is 1. The van der Waals surface area contributed by atoms with Crippen molar-refractivity contribution in [2.75, 3.05) is 13.1 Å². The van der Waals surface area contributed by atoms with E-state index in [2.05, 4.69) is 5.32 Å². The highest BCUT2D eigenvalue weighted by molar-refractivity contribution is 8.45. The fourth-order valence-corrected chi connectivity index (χ4v) is 3.27. The number of nitrogens with one attached hydrogen (secondary N) is 1. The van der Waals surface area contributed by atoms with Gasteiger partial charge in [0.2, 0.25) is 0 Å². The highest BCUT2D eigenvalue weighted by atomic mass is 32.5. The van der Waals surface area contributed by atoms with Gasteiger partial charge in [0.15, 0.2) is 0 Å². The largest absolute Gasteiger partial charge is 0.398 e. The Bertz CT molecular complexity index is 553. The summed E-state index contributed by atoms with van der Waals surface area (Å²) in [5.41, 5.74) is -2.73. The third-order valence-electron chi connectivity index (χ3n) is 3.85. The molecule has 0 atom stereocenters. The third kappa shape index (κ3) is 3.17. The van der Waals surface area contributed by atoms with Gasteiger partial charge < -0.3 is 5.32 Å². The molecule has 0 saturated carbocycles. The predicted octanol–water partition coefficient (Wildman–Crippen LogP) is 5.53. The molecule has 1 heterocycles. The van der Waals surface area contributed by atoms with E-state index in [-0.39, 0.29) is 38.1 Å². The highest BCUT2D eigenvalue weighted by Gasteiger charge is 2.65. The summed E-state index contributed by atoms with van der Waals surface area (Å²) in [5, 5.41) is 2.73. The fraction of sp³-hybridized carbons (Fsp3) is 0.500. The number of hydrogen-bond donors (Lipinski definition) is 1. The van der Waals surface area contributed by atoms with Crippen LogP contribution in [-0.4, -0.2) is 19.3 Å². The van der Waals surface area contributed by atoms with Crippen molar-refractivity contribution >= 4 is 10.2 Å². The van der Waals surface area contributed by atoms with E-state index in [1.807, 2.05) is 0 Å². The Morgan fingerprint density at radius 2 is 1.32 bits per heavy atom. The monoisotopic (exact) mass is 355 g/mol. The van der Waals surface area contributed by atoms with Crippen LogP contribution in [0, 0.1) is 0 Å². The molecule has 1 saturated heterocycles. The first-order chi connectivity index (χ1) is 9.66. The number of benzene rings is 1. The highest BCUT2D eigenvalue weighted by Crippen LogP contribution is 3.02. The molecule has 0 radical (unpaired) electrons. The van der Waals surface area contributed by atoms with Crippen molar-refractivity contribution in [1.82, 2.24) is 5.32 Å². The fourth-order valence-electron chi connectivity index (χ4n) is 2.62. The molecule has 1 nitrogen and oxygen atoms in total. The summed E-state index contributed by atoms with van der Waals surface area (Å²) < 4.78 is 103. The summed E-state index contributed by atoms with van der Waals surface area (Å²) in [6.45, 7) is 0.0889. The number of hydrogen-bond acceptors (Lipinski definition) is 1. The minimum atomic E-state index is -9.88. The zero-order valence-corrected chi connectivity index (χ0v) is 11.9. The maximum absolute atomic E-state index is 13.4. The maximum Gasteiger partial charge on any atom is 0.398 e. The molecule has 1 aliphatic rings. The molecule has 1 aromatic rings. The lowest BCUT2D eigenvalue weighted by atomic mass is 9.72. The molecule has 1 aliphatic heterocycles. The van der Waals surface area contributed by atoms with Gasteiger partial charge in [0, 0.05) is 0 Å². The molecule has 2 rings (SSSR count). The maximum atomic E-state index is 13.4. The van der Waals surface area contributed by atoms with Crippen LogP contribution in [0.15, 0.2) is 29.2 Å². The zero-order valence-electron chi connectivity index (χ0n) is 11.1. The Morgan fingerprint density at radius 1 is 0.864 bits per heavy atom. The number of rotatable bonds is 2. The van der Waals surface area contributed by atoms with Crippen LogP contribution in [0.25, 0.3) is 0 Å². The van der Waals surface area contributed by atoms with Gasteiger partial charge in [0.25, 0.3) is 0 Å². The lowest BCUT2D eigenvalue weighted by Crippen LogP contribution is -2.49. The van der Waals surface area contributed by atoms with Crippen molar-refractivity contribution in [3.63, 3.8) is 0 Å². The number of alkyl halides is 3. The SMILES string of the molecule is FC(F)(F)C1(c2ccc(S(F)(F)(F)(F)F)cc2)CCNCC1. The Morgan fingerprint density at radius 3 is 1.68 bits per heavy atom. The van der Waals surface area contributed by atoms with Gasteiger partial charge >= 0.3 is 16.4 Å². The molecule has 0 unspecified atom stereocenters. The summed E-state index contributed by atoms with van der Waals surface area (Å²) in [6.07, 6.45) is -5.39. The second kappa shape index (κ2) is 4.28. The van der Waals surface area contributed by atoms with Crippen molar-refractivity contribution in [2.45, 2.75) is 29.3 Å². The molecule has 1 aromatic carbocycles. The van der Waals surface area contributed by atoms with Crippen molar-refractivity contribution in [1.29, 1.82) is 0 Å². The smallest absolute Gasteiger partial charge is 0.317 e. The summed E-state index contributed by atoms with van der Waals surface area (Å²) in [4.78, 5) is -2.19. The first-order valence-electron chi connectivity index (χ1n) is 6.28. The molecule has 0 aliphatic carbocycles. The molecule has 22 heavy (non-hydrogen) atoms. The van der Waals surface area contributed by atoms with E-state index in [0.717, 1.165) is 0 Å². The third-order valence-corrected chi connectivity index (χ3v) is 5.02. The van der Waals surface area contributed by atoms with E-state index >= 15 is 0 Å². The summed E-state index contributed by atoms with van der Waals surface area (Å²) >= 11 is 0. The molecule has 1 fully saturated rings. The van der Waals surface area contributed by atoms with Crippen LogP contribution < -0.4 is 5.32 Å². The summed E-state index contributed by atoms with van der Waals surface area (Å²) in [7, 11) is -9.88. The lowest BCUT2D eigenvalue weighted by Gasteiger charge is -2.42. The molecule has 128 valence electrons. The van der Waals surface area contributed by atoms with Gasteiger partial charge in [-0.15, -0.1) is 0 Å². The van der Waals surface area contributed by atoms with Gasteiger partial charge in [-0.3, -0.25) is 0 Å². The lowest BCUT2D eigenvalue weighted by molar-refractivity contribution is -0.197. The van der Waals surface area contributed by atoms with Gasteiger partial charge in [-0.1, -0.05) is 31.6 Å². The van der Waals surface area contributed by atoms with E-state index in [0.29, 0.717) is 12.1 Å². The van der Waals surface area contributed by atoms with Crippen molar-refractivity contribution in [2.24, 2.45) is 0 Å². The zero-order chi connectivity index (χ0) is 16.9. The molecular weight excluding hydrogens is 342 g/mol. The van der Waals surface area contributed by atoms with Crippen LogP contribution in [-0.2, 0) is 5.41 Å². The molecule has 0 bridgehead atoms. The minimum absolute atomic E-state index is 0.0341. The summed E-state index contributed by atoms with van der Waals surface area (Å²) in [6, 6.07) is 1.08. The van der Waals surface area contributed by atoms with Gasteiger partial charge in [-0.05, 0) is 43.6 Å². The van der Waals surface area contributed by atoms with Crippen LogP contribution in [0.4, 0.5) is 32.6 Å². The Labute approximate surface area is 121 Å². The van der Waals surface area contributed by atoms with E-state index in [4.69, 9.17) is 0 Å². The predicted molar refractivity (Wildman–Crippen MR) is 67.7 cm³/mol. The molecule has 10 heteroatoms. The average Bonchev–Trinajstić information content (AvgIpc) is 2.36. The van der Waals surface area contributed by atoms with Crippen LogP contribution in [0.1, 0.15) is 18.4 Å². The topological polar surface area (TPSA) is 12.0 Å². The molecule has 0 spiro atoms. The quantitative estimate of drug-likeness (QED) is 0.688. The molecule has 0 amide bonds. The van der Waals surface area contributed by atoms with Crippen molar-refractivity contribution in [3.8, 4) is 0 Å². The van der Waals surface area contributed by atoms with E-state index in [1.54, 1.807) is 0 Å². The average molecular weight is 355 g/mol. The Hall–Kier alpha value is -1.03. The molecular formula is C12H13F8NS. The standard InChI is InChI=1S/C12H13F8NS/c13-12(14,15)11(5-7-21-8-6-11)9-1-3-10(4-2-9)22(16,17,18,19)20/h1-4,21H,5-8H2. The van der Waals surface area contributed by atoms with Crippen LogP contribution >= 0.6 is 10.2 Å². The van der Waals surface area contributed by atoms with Crippen molar-refractivity contribution in [3.05, 3.63) is 29.8 Å². The van der Waals surface area contributed by atoms with Gasteiger partial charge in [-0.25, -0.2) is 0 Å². The Kier molecular flexibility index (Phi) is 3.37. The normalized spacial score (nSPS) is 22.7. The van der Waals surface area contributed by atoms with E-state index in [1.165, 1.54) is 0 Å². The summed E-state index contributed by atoms with van der Waals surface area (Å²) in [5.74, 6) is 0. The van der Waals surface area contributed by atoms with E-state index in [9.17, 15) is 32.6 Å². The minimum Gasteiger partial charge on any atom is -0.317 e. The van der Waals surface area contributed by atoms with Crippen LogP contribution in [0.5, 0.6) is 0 Å². The van der Waals surface area contributed by atoms with Crippen LogP contribution in [0.2, 0.25) is 0 Å². The van der Waals surface area contributed by atoms with Gasteiger partial charge in [0.1, 0.15) is 4.90 Å². The first-order valence-corrected chi connectivity index (χ1v) is 8.23. The first kappa shape index (κ1) is 17.3.